The molecule has 1 aliphatic rings. The highest BCUT2D eigenvalue weighted by atomic mass is 19.1. The molecule has 1 fully saturated rings. The van der Waals surface area contributed by atoms with Crippen LogP contribution in [0.3, 0.4) is 0 Å². The molecular weight excluding hydrogens is 279 g/mol. The summed E-state index contributed by atoms with van der Waals surface area (Å²) in [6.45, 7) is 1.89. The Morgan fingerprint density at radius 1 is 1.52 bits per heavy atom. The first kappa shape index (κ1) is 15.4. The Hall–Kier alpha value is -1.99. The summed E-state index contributed by atoms with van der Waals surface area (Å²) in [4.78, 5) is 23.5. The van der Waals surface area contributed by atoms with Crippen LogP contribution in [0.15, 0.2) is 18.2 Å². The van der Waals surface area contributed by atoms with Crippen LogP contribution in [0.5, 0.6) is 0 Å². The summed E-state index contributed by atoms with van der Waals surface area (Å²) < 4.78 is 23.3. The van der Waals surface area contributed by atoms with Gasteiger partial charge in [0.2, 0.25) is 5.91 Å². The van der Waals surface area contributed by atoms with Gasteiger partial charge in [-0.15, -0.1) is 0 Å². The zero-order valence-electron chi connectivity index (χ0n) is 11.6. The minimum atomic E-state index is -0.638. The van der Waals surface area contributed by atoms with Crippen molar-refractivity contribution >= 4 is 17.6 Å². The predicted octanol–water partition coefficient (Wildman–Crippen LogP) is 0.929. The first-order chi connectivity index (χ1) is 10.1. The number of methoxy groups -OCH3 is 1. The Kier molecular flexibility index (Phi) is 5.24. The van der Waals surface area contributed by atoms with E-state index in [0.717, 1.165) is 18.7 Å². The third-order valence-electron chi connectivity index (χ3n) is 3.08. The van der Waals surface area contributed by atoms with Gasteiger partial charge in [-0.2, -0.15) is 0 Å². The van der Waals surface area contributed by atoms with Gasteiger partial charge in [0, 0.05) is 13.1 Å². The van der Waals surface area contributed by atoms with E-state index in [2.05, 4.69) is 15.4 Å². The number of rotatable bonds is 4. The first-order valence-corrected chi connectivity index (χ1v) is 6.60. The SMILES string of the molecule is COC(=O)c1ccc(F)cc1NC(=O)CC1CNCCO1. The summed E-state index contributed by atoms with van der Waals surface area (Å²) in [5, 5.41) is 5.64. The molecule has 1 amide bonds. The number of morpholine rings is 1. The van der Waals surface area contributed by atoms with Crippen molar-refractivity contribution in [1.82, 2.24) is 5.32 Å². The number of hydrogen-bond donors (Lipinski definition) is 2. The Morgan fingerprint density at radius 2 is 2.33 bits per heavy atom. The predicted molar refractivity (Wildman–Crippen MR) is 73.6 cm³/mol. The van der Waals surface area contributed by atoms with E-state index in [1.807, 2.05) is 0 Å². The van der Waals surface area contributed by atoms with Gasteiger partial charge < -0.3 is 20.1 Å². The highest BCUT2D eigenvalue weighted by Gasteiger charge is 2.19. The van der Waals surface area contributed by atoms with Gasteiger partial charge in [-0.3, -0.25) is 4.79 Å². The second kappa shape index (κ2) is 7.14. The fraction of sp³-hybridized carbons (Fsp3) is 0.429. The molecular formula is C14H17FN2O4. The lowest BCUT2D eigenvalue weighted by molar-refractivity contribution is -0.119. The quantitative estimate of drug-likeness (QED) is 0.808. The zero-order chi connectivity index (χ0) is 15.2. The summed E-state index contributed by atoms with van der Waals surface area (Å²) in [6, 6.07) is 3.50. The van der Waals surface area contributed by atoms with Crippen molar-refractivity contribution in [2.24, 2.45) is 0 Å². The molecule has 1 aliphatic heterocycles. The molecule has 2 N–H and O–H groups in total. The van der Waals surface area contributed by atoms with Crippen LogP contribution < -0.4 is 10.6 Å². The van der Waals surface area contributed by atoms with Crippen molar-refractivity contribution in [1.29, 1.82) is 0 Å². The number of anilines is 1. The van der Waals surface area contributed by atoms with Crippen LogP contribution in [-0.4, -0.2) is 44.8 Å². The van der Waals surface area contributed by atoms with Gasteiger partial charge in [-0.1, -0.05) is 0 Å². The lowest BCUT2D eigenvalue weighted by atomic mass is 10.1. The summed E-state index contributed by atoms with van der Waals surface area (Å²) in [6.07, 6.45) is -0.0988. The third-order valence-corrected chi connectivity index (χ3v) is 3.08. The minimum absolute atomic E-state index is 0.0932. The van der Waals surface area contributed by atoms with Crippen molar-refractivity contribution in [2.45, 2.75) is 12.5 Å². The lowest BCUT2D eigenvalue weighted by Gasteiger charge is -2.23. The number of carbonyl (C=O) groups excluding carboxylic acids is 2. The molecule has 0 bridgehead atoms. The summed E-state index contributed by atoms with van der Waals surface area (Å²) in [7, 11) is 1.22. The van der Waals surface area contributed by atoms with E-state index in [-0.39, 0.29) is 29.7 Å². The number of esters is 1. The van der Waals surface area contributed by atoms with E-state index in [9.17, 15) is 14.0 Å². The number of amides is 1. The van der Waals surface area contributed by atoms with Crippen molar-refractivity contribution in [3.05, 3.63) is 29.6 Å². The Bertz CT molecular complexity index is 530. The molecule has 21 heavy (non-hydrogen) atoms. The molecule has 1 heterocycles. The molecule has 1 saturated heterocycles. The van der Waals surface area contributed by atoms with Crippen LogP contribution in [0, 0.1) is 5.82 Å². The van der Waals surface area contributed by atoms with Crippen molar-refractivity contribution in [3.63, 3.8) is 0 Å². The molecule has 7 heteroatoms. The molecule has 0 aliphatic carbocycles. The van der Waals surface area contributed by atoms with Gasteiger partial charge in [0.1, 0.15) is 5.82 Å². The number of ether oxygens (including phenoxy) is 2. The average Bonchev–Trinajstić information content (AvgIpc) is 2.47. The molecule has 1 aromatic rings. The second-order valence-electron chi connectivity index (χ2n) is 4.63. The van der Waals surface area contributed by atoms with E-state index in [1.54, 1.807) is 0 Å². The highest BCUT2D eigenvalue weighted by Crippen LogP contribution is 2.19. The number of hydrogen-bond acceptors (Lipinski definition) is 5. The van der Waals surface area contributed by atoms with Gasteiger partial charge in [-0.25, -0.2) is 9.18 Å². The molecule has 1 aromatic carbocycles. The van der Waals surface area contributed by atoms with E-state index in [4.69, 9.17) is 4.74 Å². The molecule has 0 saturated carbocycles. The number of halogens is 1. The Balaban J connectivity index is 2.05. The fourth-order valence-electron chi connectivity index (χ4n) is 2.07. The summed E-state index contributed by atoms with van der Waals surface area (Å²) >= 11 is 0. The van der Waals surface area contributed by atoms with Crippen LogP contribution in [0.2, 0.25) is 0 Å². The van der Waals surface area contributed by atoms with E-state index in [0.29, 0.717) is 13.2 Å². The monoisotopic (exact) mass is 296 g/mol. The summed E-state index contributed by atoms with van der Waals surface area (Å²) in [5.41, 5.74) is 0.200. The van der Waals surface area contributed by atoms with Gasteiger partial charge in [0.05, 0.1) is 37.5 Å². The van der Waals surface area contributed by atoms with E-state index in [1.165, 1.54) is 13.2 Å². The maximum Gasteiger partial charge on any atom is 0.339 e. The fourth-order valence-corrected chi connectivity index (χ4v) is 2.07. The Morgan fingerprint density at radius 3 is 3.00 bits per heavy atom. The standard InChI is InChI=1S/C14H17FN2O4/c1-20-14(19)11-3-2-9(15)6-12(11)17-13(18)7-10-8-16-4-5-21-10/h2-3,6,10,16H,4-5,7-8H2,1H3,(H,17,18). The minimum Gasteiger partial charge on any atom is -0.465 e. The average molecular weight is 296 g/mol. The van der Waals surface area contributed by atoms with Crippen molar-refractivity contribution in [3.8, 4) is 0 Å². The zero-order valence-corrected chi connectivity index (χ0v) is 11.6. The topological polar surface area (TPSA) is 76.7 Å². The number of benzene rings is 1. The number of carbonyl (C=O) groups is 2. The van der Waals surface area contributed by atoms with Crippen LogP contribution >= 0.6 is 0 Å². The van der Waals surface area contributed by atoms with Crippen LogP contribution in [0.25, 0.3) is 0 Å². The molecule has 114 valence electrons. The third kappa shape index (κ3) is 4.24. The molecule has 1 unspecified atom stereocenters. The molecule has 0 spiro atoms. The van der Waals surface area contributed by atoms with Crippen molar-refractivity contribution < 1.29 is 23.5 Å². The molecule has 1 atom stereocenters. The lowest BCUT2D eigenvalue weighted by Crippen LogP contribution is -2.40. The largest absolute Gasteiger partial charge is 0.465 e. The highest BCUT2D eigenvalue weighted by molar-refractivity contribution is 6.01. The first-order valence-electron chi connectivity index (χ1n) is 6.60. The van der Waals surface area contributed by atoms with Gasteiger partial charge in [0.25, 0.3) is 0 Å². The molecule has 6 nitrogen and oxygen atoms in total. The van der Waals surface area contributed by atoms with Gasteiger partial charge in [0.15, 0.2) is 0 Å². The van der Waals surface area contributed by atoms with Crippen molar-refractivity contribution in [2.75, 3.05) is 32.1 Å². The van der Waals surface area contributed by atoms with E-state index >= 15 is 0 Å². The van der Waals surface area contributed by atoms with E-state index < -0.39 is 11.8 Å². The summed E-state index contributed by atoms with van der Waals surface area (Å²) in [5.74, 6) is -1.53. The Labute approximate surface area is 121 Å². The van der Waals surface area contributed by atoms with Gasteiger partial charge in [-0.05, 0) is 18.2 Å². The number of nitrogens with one attached hydrogen (secondary N) is 2. The maximum atomic E-state index is 13.3. The second-order valence-corrected chi connectivity index (χ2v) is 4.63. The normalized spacial score (nSPS) is 18.1. The molecule has 2 rings (SSSR count). The molecule has 0 aromatic heterocycles. The van der Waals surface area contributed by atoms with Crippen LogP contribution in [-0.2, 0) is 14.3 Å². The van der Waals surface area contributed by atoms with Gasteiger partial charge >= 0.3 is 5.97 Å². The van der Waals surface area contributed by atoms with Crippen LogP contribution in [0.1, 0.15) is 16.8 Å². The maximum absolute atomic E-state index is 13.3. The van der Waals surface area contributed by atoms with Crippen LogP contribution in [0.4, 0.5) is 10.1 Å². The smallest absolute Gasteiger partial charge is 0.339 e. The molecule has 0 radical (unpaired) electrons.